The highest BCUT2D eigenvalue weighted by Crippen LogP contribution is 2.17. The van der Waals surface area contributed by atoms with Crippen LogP contribution in [0.2, 0.25) is 5.02 Å². The maximum Gasteiger partial charge on any atom is 0.223 e. The highest BCUT2D eigenvalue weighted by molar-refractivity contribution is 6.31. The van der Waals surface area contributed by atoms with Gasteiger partial charge in [0.05, 0.1) is 0 Å². The highest BCUT2D eigenvalue weighted by atomic mass is 35.5. The molecule has 0 radical (unpaired) electrons. The van der Waals surface area contributed by atoms with E-state index in [-0.39, 0.29) is 5.91 Å². The van der Waals surface area contributed by atoms with Gasteiger partial charge in [0.1, 0.15) is 5.82 Å². The molecule has 0 spiro atoms. The Hall–Kier alpha value is -2.11. The minimum Gasteiger partial charge on any atom is -0.353 e. The third-order valence-corrected chi connectivity index (χ3v) is 5.08. The van der Waals surface area contributed by atoms with Crippen LogP contribution in [0.5, 0.6) is 0 Å². The summed E-state index contributed by atoms with van der Waals surface area (Å²) in [6, 6.07) is 13.8. The average Bonchev–Trinajstić information content (AvgIpc) is 2.69. The number of nitrogens with zero attached hydrogens (tertiary/aromatic N) is 4. The van der Waals surface area contributed by atoms with Gasteiger partial charge in [-0.05, 0) is 30.8 Å². The molecule has 1 amide bonds. The second-order valence-corrected chi connectivity index (χ2v) is 7.04. The average molecular weight is 373 g/mol. The lowest BCUT2D eigenvalue weighted by atomic mass is 10.2. The summed E-state index contributed by atoms with van der Waals surface area (Å²) in [5.74, 6) is 1.20. The number of amides is 1. The Bertz CT molecular complexity index is 717. The van der Waals surface area contributed by atoms with Gasteiger partial charge in [0.25, 0.3) is 0 Å². The quantitative estimate of drug-likeness (QED) is 0.781. The maximum atomic E-state index is 12.5. The molecule has 3 rings (SSSR count). The second kappa shape index (κ2) is 9.01. The van der Waals surface area contributed by atoms with E-state index in [9.17, 15) is 4.79 Å². The molecule has 1 aromatic carbocycles. The van der Waals surface area contributed by atoms with Crippen molar-refractivity contribution in [2.75, 3.05) is 44.7 Å². The van der Waals surface area contributed by atoms with Gasteiger partial charge in [-0.1, -0.05) is 35.9 Å². The Morgan fingerprint density at radius 1 is 1.12 bits per heavy atom. The predicted molar refractivity (Wildman–Crippen MR) is 105 cm³/mol. The van der Waals surface area contributed by atoms with E-state index < -0.39 is 0 Å². The number of benzene rings is 1. The molecule has 1 aromatic heterocycles. The molecule has 1 fully saturated rings. The van der Waals surface area contributed by atoms with Gasteiger partial charge in [0.2, 0.25) is 5.91 Å². The Kier molecular flexibility index (Phi) is 6.47. The van der Waals surface area contributed by atoms with Crippen molar-refractivity contribution in [2.45, 2.75) is 13.0 Å². The van der Waals surface area contributed by atoms with E-state index in [1.54, 1.807) is 0 Å². The van der Waals surface area contributed by atoms with E-state index in [4.69, 9.17) is 11.6 Å². The monoisotopic (exact) mass is 372 g/mol. The molecule has 5 nitrogen and oxygen atoms in total. The lowest BCUT2D eigenvalue weighted by molar-refractivity contribution is -0.131. The third-order valence-electron chi connectivity index (χ3n) is 4.71. The van der Waals surface area contributed by atoms with Gasteiger partial charge in [0.15, 0.2) is 0 Å². The fourth-order valence-electron chi connectivity index (χ4n) is 3.17. The number of halogens is 1. The molecule has 6 heteroatoms. The van der Waals surface area contributed by atoms with E-state index in [1.807, 2.05) is 60.6 Å². The number of pyridine rings is 1. The lowest BCUT2D eigenvalue weighted by Gasteiger charge is -2.35. The van der Waals surface area contributed by atoms with Crippen molar-refractivity contribution >= 4 is 23.3 Å². The molecule has 0 aliphatic carbocycles. The first kappa shape index (κ1) is 18.7. The van der Waals surface area contributed by atoms with Crippen LogP contribution in [0, 0.1) is 0 Å². The van der Waals surface area contributed by atoms with Crippen molar-refractivity contribution in [3.8, 4) is 0 Å². The number of hydrogen-bond acceptors (Lipinski definition) is 4. The summed E-state index contributed by atoms with van der Waals surface area (Å²) >= 11 is 6.21. The summed E-state index contributed by atoms with van der Waals surface area (Å²) in [6.07, 6.45) is 2.34. The van der Waals surface area contributed by atoms with Crippen molar-refractivity contribution in [1.82, 2.24) is 14.8 Å². The predicted octanol–water partition coefficient (Wildman–Crippen LogP) is 2.91. The first-order valence-corrected chi connectivity index (χ1v) is 9.37. The molecule has 2 aromatic rings. The van der Waals surface area contributed by atoms with Crippen molar-refractivity contribution in [1.29, 1.82) is 0 Å². The third kappa shape index (κ3) is 4.96. The van der Waals surface area contributed by atoms with Crippen LogP contribution in [0.4, 0.5) is 5.82 Å². The van der Waals surface area contributed by atoms with Gasteiger partial charge in [-0.15, -0.1) is 0 Å². The van der Waals surface area contributed by atoms with Crippen LogP contribution in [0.3, 0.4) is 0 Å². The fraction of sp³-hybridized carbons (Fsp3) is 0.400. The van der Waals surface area contributed by atoms with Gasteiger partial charge in [-0.2, -0.15) is 0 Å². The minimum atomic E-state index is 0.219. The number of anilines is 1. The number of carbonyl (C=O) groups excluding carboxylic acids is 1. The first-order chi connectivity index (χ1) is 12.6. The lowest BCUT2D eigenvalue weighted by Crippen LogP contribution is -2.49. The van der Waals surface area contributed by atoms with Crippen molar-refractivity contribution < 1.29 is 4.79 Å². The van der Waals surface area contributed by atoms with Crippen LogP contribution in [0.1, 0.15) is 12.0 Å². The highest BCUT2D eigenvalue weighted by Gasteiger charge is 2.21. The van der Waals surface area contributed by atoms with Gasteiger partial charge in [-0.3, -0.25) is 4.79 Å². The van der Waals surface area contributed by atoms with Crippen molar-refractivity contribution in [2.24, 2.45) is 0 Å². The van der Waals surface area contributed by atoms with Gasteiger partial charge >= 0.3 is 0 Å². The number of piperazine rings is 1. The van der Waals surface area contributed by atoms with Gasteiger partial charge in [-0.25, -0.2) is 4.98 Å². The van der Waals surface area contributed by atoms with Crippen molar-refractivity contribution in [3.05, 3.63) is 59.2 Å². The minimum absolute atomic E-state index is 0.219. The number of carbonyl (C=O) groups is 1. The fourth-order valence-corrected chi connectivity index (χ4v) is 3.36. The summed E-state index contributed by atoms with van der Waals surface area (Å²) in [7, 11) is 2.02. The van der Waals surface area contributed by atoms with E-state index in [2.05, 4.69) is 14.8 Å². The standard InChI is InChI=1S/C20H25ClN4O/c1-23(16-17-6-2-3-7-18(17)21)11-9-20(26)25-14-12-24(13-15-25)19-8-4-5-10-22-19/h2-8,10H,9,11-16H2,1H3. The van der Waals surface area contributed by atoms with Gasteiger partial charge < -0.3 is 14.7 Å². The zero-order valence-corrected chi connectivity index (χ0v) is 15.9. The second-order valence-electron chi connectivity index (χ2n) is 6.63. The molecule has 0 atom stereocenters. The van der Waals surface area contributed by atoms with Crippen LogP contribution in [0.25, 0.3) is 0 Å². The SMILES string of the molecule is CN(CCC(=O)N1CCN(c2ccccn2)CC1)Cc1ccccc1Cl. The summed E-state index contributed by atoms with van der Waals surface area (Å²) < 4.78 is 0. The number of aromatic nitrogens is 1. The summed E-state index contributed by atoms with van der Waals surface area (Å²) in [4.78, 5) is 23.2. The molecule has 2 heterocycles. The molecule has 1 saturated heterocycles. The van der Waals surface area contributed by atoms with Crippen LogP contribution >= 0.6 is 11.6 Å². The maximum absolute atomic E-state index is 12.5. The van der Waals surface area contributed by atoms with Gasteiger partial charge in [0, 0.05) is 56.9 Å². The summed E-state index contributed by atoms with van der Waals surface area (Å²) in [6.45, 7) is 4.65. The Balaban J connectivity index is 1.42. The van der Waals surface area contributed by atoms with Crippen LogP contribution in [-0.4, -0.2) is 60.5 Å². The summed E-state index contributed by atoms with van der Waals surface area (Å²) in [5, 5.41) is 0.774. The van der Waals surface area contributed by atoms with E-state index in [0.29, 0.717) is 6.42 Å². The zero-order chi connectivity index (χ0) is 18.4. The molecule has 0 bridgehead atoms. The molecule has 0 N–H and O–H groups in total. The normalized spacial score (nSPS) is 14.7. The number of rotatable bonds is 6. The molecule has 1 aliphatic heterocycles. The molecule has 0 unspecified atom stereocenters. The topological polar surface area (TPSA) is 39.7 Å². The molecular weight excluding hydrogens is 348 g/mol. The van der Waals surface area contributed by atoms with Crippen molar-refractivity contribution in [3.63, 3.8) is 0 Å². The Morgan fingerprint density at radius 3 is 2.54 bits per heavy atom. The van der Waals surface area contributed by atoms with E-state index in [1.165, 1.54) is 0 Å². The molecule has 0 saturated carbocycles. The van der Waals surface area contributed by atoms with Crippen LogP contribution < -0.4 is 4.90 Å². The molecule has 1 aliphatic rings. The largest absolute Gasteiger partial charge is 0.353 e. The first-order valence-electron chi connectivity index (χ1n) is 8.99. The van der Waals surface area contributed by atoms with Crippen LogP contribution in [-0.2, 0) is 11.3 Å². The molecule has 26 heavy (non-hydrogen) atoms. The van der Waals surface area contributed by atoms with E-state index >= 15 is 0 Å². The molecule has 138 valence electrons. The van der Waals surface area contributed by atoms with Crippen LogP contribution in [0.15, 0.2) is 48.7 Å². The summed E-state index contributed by atoms with van der Waals surface area (Å²) in [5.41, 5.74) is 1.09. The number of hydrogen-bond donors (Lipinski definition) is 0. The zero-order valence-electron chi connectivity index (χ0n) is 15.1. The molecular formula is C20H25ClN4O. The Morgan fingerprint density at radius 2 is 1.85 bits per heavy atom. The Labute approximate surface area is 160 Å². The van der Waals surface area contributed by atoms with E-state index in [0.717, 1.165) is 55.7 Å². The smallest absolute Gasteiger partial charge is 0.223 e.